The maximum Gasteiger partial charge on any atom is 0.310 e. The van der Waals surface area contributed by atoms with Crippen LogP contribution in [0.3, 0.4) is 0 Å². The summed E-state index contributed by atoms with van der Waals surface area (Å²) in [5.74, 6) is -0.399. The molecule has 0 radical (unpaired) electrons. The molecule has 0 bridgehead atoms. The normalized spacial score (nSPS) is 19.0. The maximum absolute atomic E-state index is 12.2. The first-order valence-electron chi connectivity index (χ1n) is 7.29. The molecule has 114 valence electrons. The summed E-state index contributed by atoms with van der Waals surface area (Å²) in [4.78, 5) is 26.8. The van der Waals surface area contributed by atoms with Gasteiger partial charge in [0.15, 0.2) is 0 Å². The van der Waals surface area contributed by atoms with Crippen molar-refractivity contribution in [2.45, 2.75) is 26.7 Å². The van der Waals surface area contributed by atoms with Gasteiger partial charge < -0.3 is 9.64 Å². The number of ether oxygens (including phenoxy) is 1. The number of hydrogen-bond donors (Lipinski definition) is 0. The molecule has 1 saturated heterocycles. The average Bonchev–Trinajstić information content (AvgIpc) is 2.90. The van der Waals surface area contributed by atoms with Gasteiger partial charge in [-0.1, -0.05) is 0 Å². The van der Waals surface area contributed by atoms with Crippen molar-refractivity contribution < 1.29 is 14.3 Å². The average molecular weight is 307 g/mol. The van der Waals surface area contributed by atoms with Crippen molar-refractivity contribution in [2.24, 2.45) is 5.92 Å². The second-order valence-corrected chi connectivity index (χ2v) is 6.12. The summed E-state index contributed by atoms with van der Waals surface area (Å²) in [7, 11) is 0. The summed E-state index contributed by atoms with van der Waals surface area (Å²) < 4.78 is 5.05. The van der Waals surface area contributed by atoms with E-state index >= 15 is 0 Å². The first kappa shape index (κ1) is 15.8. The molecule has 0 aliphatic carbocycles. The highest BCUT2D eigenvalue weighted by Crippen LogP contribution is 2.20. The van der Waals surface area contributed by atoms with Crippen molar-refractivity contribution >= 4 is 29.3 Å². The highest BCUT2D eigenvalue weighted by atomic mass is 32.1. The van der Waals surface area contributed by atoms with Gasteiger partial charge in [0.1, 0.15) is 0 Å². The molecule has 21 heavy (non-hydrogen) atoms. The van der Waals surface area contributed by atoms with Crippen LogP contribution in [0.1, 0.15) is 30.2 Å². The first-order chi connectivity index (χ1) is 10.1. The van der Waals surface area contributed by atoms with Crippen LogP contribution in [0.15, 0.2) is 17.5 Å². The molecule has 1 fully saturated rings. The zero-order valence-electron chi connectivity index (χ0n) is 12.5. The molecule has 0 spiro atoms. The van der Waals surface area contributed by atoms with Crippen LogP contribution in [0.5, 0.6) is 0 Å². The molecule has 1 aromatic heterocycles. The van der Waals surface area contributed by atoms with E-state index in [1.807, 2.05) is 24.4 Å². The van der Waals surface area contributed by atoms with Gasteiger partial charge in [-0.2, -0.15) is 0 Å². The van der Waals surface area contributed by atoms with E-state index < -0.39 is 0 Å². The topological polar surface area (TPSA) is 46.6 Å². The van der Waals surface area contributed by atoms with Crippen molar-refractivity contribution in [3.63, 3.8) is 0 Å². The van der Waals surface area contributed by atoms with Crippen LogP contribution in [-0.4, -0.2) is 36.5 Å². The molecule has 0 N–H and O–H groups in total. The predicted octanol–water partition coefficient (Wildman–Crippen LogP) is 2.87. The second-order valence-electron chi connectivity index (χ2n) is 5.18. The number of rotatable bonds is 4. The summed E-state index contributed by atoms with van der Waals surface area (Å²) in [5, 5.41) is 2.01. The number of likely N-dealkylation sites (tertiary alicyclic amines) is 1. The van der Waals surface area contributed by atoms with E-state index in [4.69, 9.17) is 4.74 Å². The van der Waals surface area contributed by atoms with E-state index in [0.717, 1.165) is 17.7 Å². The Morgan fingerprint density at radius 3 is 3.00 bits per heavy atom. The minimum Gasteiger partial charge on any atom is -0.466 e. The van der Waals surface area contributed by atoms with Gasteiger partial charge in [0.25, 0.3) is 0 Å². The predicted molar refractivity (Wildman–Crippen MR) is 84.0 cm³/mol. The smallest absolute Gasteiger partial charge is 0.310 e. The van der Waals surface area contributed by atoms with Gasteiger partial charge in [-0.3, -0.25) is 9.59 Å². The fraction of sp³-hybridized carbons (Fsp3) is 0.500. The van der Waals surface area contributed by atoms with Crippen molar-refractivity contribution in [1.82, 2.24) is 4.90 Å². The second kappa shape index (κ2) is 7.41. The molecule has 1 aromatic rings. The zero-order valence-corrected chi connectivity index (χ0v) is 13.3. The van der Waals surface area contributed by atoms with Crippen LogP contribution >= 0.6 is 11.3 Å². The molecule has 1 amide bonds. The zero-order chi connectivity index (χ0) is 15.2. The van der Waals surface area contributed by atoms with Gasteiger partial charge in [-0.05, 0) is 49.8 Å². The van der Waals surface area contributed by atoms with Crippen molar-refractivity contribution in [3.8, 4) is 0 Å². The maximum atomic E-state index is 12.2. The third-order valence-electron chi connectivity index (χ3n) is 3.63. The molecule has 2 heterocycles. The van der Waals surface area contributed by atoms with Crippen LogP contribution in [0.25, 0.3) is 6.08 Å². The molecule has 2 rings (SSSR count). The number of hydrogen-bond acceptors (Lipinski definition) is 4. The molecular weight excluding hydrogens is 286 g/mol. The lowest BCUT2D eigenvalue weighted by molar-refractivity contribution is -0.150. The lowest BCUT2D eigenvalue weighted by Gasteiger charge is -2.30. The van der Waals surface area contributed by atoms with E-state index in [1.54, 1.807) is 29.2 Å². The van der Waals surface area contributed by atoms with Gasteiger partial charge >= 0.3 is 5.97 Å². The van der Waals surface area contributed by atoms with E-state index in [-0.39, 0.29) is 17.8 Å². The first-order valence-corrected chi connectivity index (χ1v) is 8.17. The van der Waals surface area contributed by atoms with Gasteiger partial charge in [0.05, 0.1) is 12.5 Å². The van der Waals surface area contributed by atoms with Gasteiger partial charge in [0.2, 0.25) is 5.91 Å². The van der Waals surface area contributed by atoms with E-state index in [9.17, 15) is 9.59 Å². The monoisotopic (exact) mass is 307 g/mol. The van der Waals surface area contributed by atoms with Gasteiger partial charge in [-0.25, -0.2) is 0 Å². The summed E-state index contributed by atoms with van der Waals surface area (Å²) in [5.41, 5.74) is 1.17. The Hall–Kier alpha value is -1.62. The molecule has 1 aliphatic rings. The molecule has 0 aromatic carbocycles. The summed E-state index contributed by atoms with van der Waals surface area (Å²) in [6.45, 7) is 5.39. The minimum atomic E-state index is -0.187. The molecule has 1 atom stereocenters. The fourth-order valence-corrected chi connectivity index (χ4v) is 3.26. The Bertz CT molecular complexity index is 535. The number of carbonyl (C=O) groups excluding carboxylic acids is 2. The minimum absolute atomic E-state index is 0.0307. The van der Waals surface area contributed by atoms with Crippen LogP contribution in [0.4, 0.5) is 0 Å². The molecule has 0 unspecified atom stereocenters. The highest BCUT2D eigenvalue weighted by Gasteiger charge is 2.28. The number of amides is 1. The van der Waals surface area contributed by atoms with Gasteiger partial charge in [-0.15, -0.1) is 11.3 Å². The van der Waals surface area contributed by atoms with E-state index in [0.29, 0.717) is 19.7 Å². The van der Waals surface area contributed by atoms with Crippen molar-refractivity contribution in [2.75, 3.05) is 19.7 Å². The third-order valence-corrected chi connectivity index (χ3v) is 4.62. The van der Waals surface area contributed by atoms with Crippen LogP contribution in [0, 0.1) is 12.8 Å². The summed E-state index contributed by atoms with van der Waals surface area (Å²) >= 11 is 1.62. The lowest BCUT2D eigenvalue weighted by atomic mass is 9.98. The SMILES string of the molecule is CCOC(=O)[C@@H]1CCCN(C(=O)/C=C\c2sccc2C)C1. The number of thiophene rings is 1. The number of nitrogens with zero attached hydrogens (tertiary/aromatic N) is 1. The molecule has 0 saturated carbocycles. The Labute approximate surface area is 129 Å². The molecule has 4 nitrogen and oxygen atoms in total. The Kier molecular flexibility index (Phi) is 5.56. The van der Waals surface area contributed by atoms with Crippen LogP contribution in [0.2, 0.25) is 0 Å². The highest BCUT2D eigenvalue weighted by molar-refractivity contribution is 7.11. The van der Waals surface area contributed by atoms with Crippen molar-refractivity contribution in [1.29, 1.82) is 0 Å². The Morgan fingerprint density at radius 1 is 1.52 bits per heavy atom. The summed E-state index contributed by atoms with van der Waals surface area (Å²) in [6.07, 6.45) is 5.11. The number of piperidine rings is 1. The molecular formula is C16H21NO3S. The quantitative estimate of drug-likeness (QED) is 0.635. The summed E-state index contributed by atoms with van der Waals surface area (Å²) in [6, 6.07) is 2.03. The third kappa shape index (κ3) is 4.17. The number of esters is 1. The van der Waals surface area contributed by atoms with E-state index in [2.05, 4.69) is 0 Å². The Balaban J connectivity index is 1.94. The van der Waals surface area contributed by atoms with Crippen LogP contribution in [-0.2, 0) is 14.3 Å². The number of aryl methyl sites for hydroxylation is 1. The van der Waals surface area contributed by atoms with E-state index in [1.165, 1.54) is 5.56 Å². The molecule has 1 aliphatic heterocycles. The molecule has 5 heteroatoms. The van der Waals surface area contributed by atoms with Crippen LogP contribution < -0.4 is 0 Å². The lowest BCUT2D eigenvalue weighted by Crippen LogP contribution is -2.42. The van der Waals surface area contributed by atoms with Gasteiger partial charge in [0, 0.05) is 24.0 Å². The largest absolute Gasteiger partial charge is 0.466 e. The Morgan fingerprint density at radius 2 is 2.33 bits per heavy atom. The standard InChI is InChI=1S/C16H21NO3S/c1-3-20-16(19)13-5-4-9-17(11-13)15(18)7-6-14-12(2)8-10-21-14/h6-8,10,13H,3-5,9,11H2,1-2H3/b7-6-/t13-/m1/s1. The number of carbonyl (C=O) groups is 2. The fourth-order valence-electron chi connectivity index (χ4n) is 2.44. The van der Waals surface area contributed by atoms with Crippen molar-refractivity contribution in [3.05, 3.63) is 28.0 Å².